The Morgan fingerprint density at radius 2 is 2.21 bits per heavy atom. The molecule has 0 aliphatic carbocycles. The molecule has 0 bridgehead atoms. The van der Waals surface area contributed by atoms with Crippen molar-refractivity contribution in [1.82, 2.24) is 10.6 Å². The van der Waals surface area contributed by atoms with Crippen molar-refractivity contribution in [3.05, 3.63) is 34.3 Å². The molecule has 0 saturated carbocycles. The number of piperidine rings is 1. The number of rotatable bonds is 2. The molecule has 1 fully saturated rings. The van der Waals surface area contributed by atoms with Gasteiger partial charge in [0.1, 0.15) is 6.04 Å². The number of carbonyl (C=O) groups is 1. The van der Waals surface area contributed by atoms with Gasteiger partial charge in [0, 0.05) is 30.1 Å². The molecule has 2 rings (SSSR count). The van der Waals surface area contributed by atoms with Crippen molar-refractivity contribution in [2.24, 2.45) is 0 Å². The SMILES string of the molecule is Cc1cc(Cl)cc(C(=O)NC2CNCCC2(F)F)c1. The van der Waals surface area contributed by atoms with Crippen LogP contribution in [0.2, 0.25) is 5.02 Å². The minimum atomic E-state index is -2.88. The van der Waals surface area contributed by atoms with E-state index in [-0.39, 0.29) is 19.5 Å². The molecule has 1 aliphatic heterocycles. The Balaban J connectivity index is 2.12. The molecule has 104 valence electrons. The first-order valence-corrected chi connectivity index (χ1v) is 6.43. The number of amides is 1. The number of alkyl halides is 2. The lowest BCUT2D eigenvalue weighted by atomic mass is 10.0. The lowest BCUT2D eigenvalue weighted by molar-refractivity contribution is -0.0542. The Hall–Kier alpha value is -1.20. The number of hydrogen-bond donors (Lipinski definition) is 2. The fourth-order valence-corrected chi connectivity index (χ4v) is 2.38. The van der Waals surface area contributed by atoms with E-state index in [9.17, 15) is 13.6 Å². The van der Waals surface area contributed by atoms with Gasteiger partial charge in [0.2, 0.25) is 0 Å². The average Bonchev–Trinajstić information content (AvgIpc) is 2.30. The Kier molecular flexibility index (Phi) is 4.06. The number of carbonyl (C=O) groups excluding carboxylic acids is 1. The van der Waals surface area contributed by atoms with Gasteiger partial charge in [-0.3, -0.25) is 4.79 Å². The third kappa shape index (κ3) is 3.42. The third-order valence-electron chi connectivity index (χ3n) is 3.10. The van der Waals surface area contributed by atoms with E-state index in [2.05, 4.69) is 10.6 Å². The first-order valence-electron chi connectivity index (χ1n) is 6.05. The van der Waals surface area contributed by atoms with Crippen LogP contribution in [0, 0.1) is 6.92 Å². The van der Waals surface area contributed by atoms with E-state index in [1.807, 2.05) is 0 Å². The summed E-state index contributed by atoms with van der Waals surface area (Å²) in [6.45, 7) is 2.12. The van der Waals surface area contributed by atoms with E-state index in [0.717, 1.165) is 5.56 Å². The summed E-state index contributed by atoms with van der Waals surface area (Å²) in [5.41, 5.74) is 1.11. The second-order valence-electron chi connectivity index (χ2n) is 4.76. The topological polar surface area (TPSA) is 41.1 Å². The van der Waals surface area contributed by atoms with Gasteiger partial charge in [-0.2, -0.15) is 0 Å². The Morgan fingerprint density at radius 3 is 2.84 bits per heavy atom. The van der Waals surface area contributed by atoms with Crippen molar-refractivity contribution >= 4 is 17.5 Å². The molecule has 1 amide bonds. The highest BCUT2D eigenvalue weighted by Crippen LogP contribution is 2.25. The maximum absolute atomic E-state index is 13.6. The minimum absolute atomic E-state index is 0.0677. The second kappa shape index (κ2) is 5.43. The summed E-state index contributed by atoms with van der Waals surface area (Å²) in [5.74, 6) is -3.41. The van der Waals surface area contributed by atoms with Gasteiger partial charge in [0.25, 0.3) is 11.8 Å². The average molecular weight is 289 g/mol. The number of benzene rings is 1. The molecule has 1 heterocycles. The summed E-state index contributed by atoms with van der Waals surface area (Å²) in [6, 6.07) is 3.61. The van der Waals surface area contributed by atoms with Crippen molar-refractivity contribution < 1.29 is 13.6 Å². The van der Waals surface area contributed by atoms with Gasteiger partial charge in [0.05, 0.1) is 0 Å². The molecule has 19 heavy (non-hydrogen) atoms. The summed E-state index contributed by atoms with van der Waals surface area (Å²) in [5, 5.41) is 5.63. The van der Waals surface area contributed by atoms with Gasteiger partial charge in [-0.05, 0) is 30.7 Å². The van der Waals surface area contributed by atoms with E-state index in [4.69, 9.17) is 11.6 Å². The molecule has 0 radical (unpaired) electrons. The number of hydrogen-bond acceptors (Lipinski definition) is 2. The van der Waals surface area contributed by atoms with Gasteiger partial charge < -0.3 is 10.6 Å². The van der Waals surface area contributed by atoms with E-state index >= 15 is 0 Å². The van der Waals surface area contributed by atoms with Crippen molar-refractivity contribution in [2.75, 3.05) is 13.1 Å². The first kappa shape index (κ1) is 14.2. The zero-order chi connectivity index (χ0) is 14.0. The summed E-state index contributed by atoms with van der Waals surface area (Å²) >= 11 is 5.85. The minimum Gasteiger partial charge on any atom is -0.342 e. The predicted octanol–water partition coefficient (Wildman–Crippen LogP) is 2.38. The molecule has 1 unspecified atom stereocenters. The largest absolute Gasteiger partial charge is 0.342 e. The molecule has 1 aliphatic rings. The lowest BCUT2D eigenvalue weighted by Gasteiger charge is -2.32. The van der Waals surface area contributed by atoms with Crippen molar-refractivity contribution in [3.63, 3.8) is 0 Å². The van der Waals surface area contributed by atoms with Crippen molar-refractivity contribution in [3.8, 4) is 0 Å². The number of nitrogens with one attached hydrogen (secondary N) is 2. The quantitative estimate of drug-likeness (QED) is 0.877. The fraction of sp³-hybridized carbons (Fsp3) is 0.462. The smallest absolute Gasteiger partial charge is 0.270 e. The monoisotopic (exact) mass is 288 g/mol. The molecule has 0 aromatic heterocycles. The predicted molar refractivity (Wildman–Crippen MR) is 69.9 cm³/mol. The van der Waals surface area contributed by atoms with Crippen LogP contribution in [0.1, 0.15) is 22.3 Å². The van der Waals surface area contributed by atoms with Gasteiger partial charge >= 0.3 is 0 Å². The van der Waals surface area contributed by atoms with Gasteiger partial charge in [-0.1, -0.05) is 11.6 Å². The van der Waals surface area contributed by atoms with Crippen molar-refractivity contribution in [2.45, 2.75) is 25.3 Å². The van der Waals surface area contributed by atoms with Crippen LogP contribution in [0.15, 0.2) is 18.2 Å². The number of halogens is 3. The van der Waals surface area contributed by atoms with E-state index in [1.54, 1.807) is 19.1 Å². The summed E-state index contributed by atoms with van der Waals surface area (Å²) in [6.07, 6.45) is -0.271. The van der Waals surface area contributed by atoms with Gasteiger partial charge in [-0.15, -0.1) is 0 Å². The van der Waals surface area contributed by atoms with Gasteiger partial charge in [0.15, 0.2) is 0 Å². The highest BCUT2D eigenvalue weighted by atomic mass is 35.5. The Bertz CT molecular complexity index is 473. The van der Waals surface area contributed by atoms with E-state index < -0.39 is 17.9 Å². The maximum atomic E-state index is 13.6. The fourth-order valence-electron chi connectivity index (χ4n) is 2.09. The highest BCUT2D eigenvalue weighted by Gasteiger charge is 2.42. The standard InChI is InChI=1S/C13H15ClF2N2O/c1-8-4-9(6-10(14)5-8)12(19)18-11-7-17-3-2-13(11,15)16/h4-6,11,17H,2-3,7H2,1H3,(H,18,19). The second-order valence-corrected chi connectivity index (χ2v) is 5.19. The molecule has 1 aromatic carbocycles. The highest BCUT2D eigenvalue weighted by molar-refractivity contribution is 6.31. The van der Waals surface area contributed by atoms with Crippen LogP contribution in [0.3, 0.4) is 0 Å². The van der Waals surface area contributed by atoms with Crippen LogP contribution in [0.25, 0.3) is 0 Å². The first-order chi connectivity index (χ1) is 8.88. The Morgan fingerprint density at radius 1 is 1.47 bits per heavy atom. The van der Waals surface area contributed by atoms with E-state index in [1.165, 1.54) is 6.07 Å². The molecule has 2 N–H and O–H groups in total. The molecule has 0 spiro atoms. The maximum Gasteiger partial charge on any atom is 0.270 e. The third-order valence-corrected chi connectivity index (χ3v) is 3.32. The van der Waals surface area contributed by atoms with Crippen LogP contribution in [-0.4, -0.2) is 31.0 Å². The molecule has 1 aromatic rings. The molecular weight excluding hydrogens is 274 g/mol. The molecule has 3 nitrogen and oxygen atoms in total. The number of aryl methyl sites for hydroxylation is 1. The lowest BCUT2D eigenvalue weighted by Crippen LogP contribution is -2.57. The van der Waals surface area contributed by atoms with Crippen LogP contribution < -0.4 is 10.6 Å². The van der Waals surface area contributed by atoms with Crippen LogP contribution in [0.4, 0.5) is 8.78 Å². The van der Waals surface area contributed by atoms with Crippen LogP contribution in [0.5, 0.6) is 0 Å². The summed E-state index contributed by atoms with van der Waals surface area (Å²) < 4.78 is 27.2. The van der Waals surface area contributed by atoms with Gasteiger partial charge in [-0.25, -0.2) is 8.78 Å². The normalized spacial score (nSPS) is 22.0. The van der Waals surface area contributed by atoms with Crippen molar-refractivity contribution in [1.29, 1.82) is 0 Å². The molecule has 1 atom stereocenters. The zero-order valence-electron chi connectivity index (χ0n) is 10.5. The van der Waals surface area contributed by atoms with Crippen LogP contribution >= 0.6 is 11.6 Å². The summed E-state index contributed by atoms with van der Waals surface area (Å²) in [7, 11) is 0. The molecule has 1 saturated heterocycles. The van der Waals surface area contributed by atoms with E-state index in [0.29, 0.717) is 10.6 Å². The van der Waals surface area contributed by atoms with Crippen LogP contribution in [-0.2, 0) is 0 Å². The summed E-state index contributed by atoms with van der Waals surface area (Å²) in [4.78, 5) is 12.0. The Labute approximate surface area is 115 Å². The molecule has 6 heteroatoms. The molecular formula is C13H15ClF2N2O. The zero-order valence-corrected chi connectivity index (χ0v) is 11.2.